The normalized spacial score (nSPS) is 16.7. The van der Waals surface area contributed by atoms with Crippen molar-refractivity contribution in [3.8, 4) is 5.75 Å². The van der Waals surface area contributed by atoms with Gasteiger partial charge < -0.3 is 9.47 Å². The number of ether oxygens (including phenoxy) is 2. The lowest BCUT2D eigenvalue weighted by Gasteiger charge is -2.15. The van der Waals surface area contributed by atoms with Gasteiger partial charge in [-0.2, -0.15) is 23.3 Å². The largest absolute Gasteiger partial charge is 0.491 e. The number of hydrogen-bond acceptors (Lipinski definition) is 5. The highest BCUT2D eigenvalue weighted by atomic mass is 19.4. The van der Waals surface area contributed by atoms with E-state index in [1.165, 1.54) is 19.1 Å². The summed E-state index contributed by atoms with van der Waals surface area (Å²) < 4.78 is 49.4. The molecule has 2 rings (SSSR count). The summed E-state index contributed by atoms with van der Waals surface area (Å²) in [5.41, 5.74) is -2.48. The number of halogens is 3. The number of methoxy groups -OCH3 is 1. The molecule has 0 N–H and O–H groups in total. The first-order valence-corrected chi connectivity index (χ1v) is 7.62. The lowest BCUT2D eigenvalue weighted by molar-refractivity contribution is -0.148. The summed E-state index contributed by atoms with van der Waals surface area (Å²) in [6.07, 6.45) is -5.11. The van der Waals surface area contributed by atoms with Crippen LogP contribution in [0.4, 0.5) is 18.9 Å². The molecule has 0 fully saturated rings. The highest BCUT2D eigenvalue weighted by molar-refractivity contribution is 6.32. The van der Waals surface area contributed by atoms with Gasteiger partial charge >= 0.3 is 12.1 Å². The number of carbonyl (C=O) groups excluding carboxylic acids is 2. The van der Waals surface area contributed by atoms with Gasteiger partial charge in [0.1, 0.15) is 5.75 Å². The molecule has 0 spiro atoms. The quantitative estimate of drug-likeness (QED) is 0.603. The van der Waals surface area contributed by atoms with Crippen LogP contribution in [0.3, 0.4) is 0 Å². The molecule has 1 aromatic carbocycles. The molecular formula is C17H17F3N2O4. The first kappa shape index (κ1) is 19.5. The van der Waals surface area contributed by atoms with E-state index in [1.807, 2.05) is 13.8 Å². The van der Waals surface area contributed by atoms with Crippen molar-refractivity contribution in [2.75, 3.05) is 12.1 Å². The van der Waals surface area contributed by atoms with E-state index in [0.29, 0.717) is 5.75 Å². The first-order chi connectivity index (χ1) is 12.1. The Kier molecular flexibility index (Phi) is 5.38. The van der Waals surface area contributed by atoms with E-state index in [1.54, 1.807) is 12.1 Å². The first-order valence-electron chi connectivity index (χ1n) is 7.62. The summed E-state index contributed by atoms with van der Waals surface area (Å²) in [5.74, 6) is -2.16. The van der Waals surface area contributed by atoms with E-state index in [-0.39, 0.29) is 17.5 Å². The fourth-order valence-electron chi connectivity index (χ4n) is 2.37. The van der Waals surface area contributed by atoms with Gasteiger partial charge in [-0.15, -0.1) is 0 Å². The number of hydrogen-bond donors (Lipinski definition) is 0. The number of esters is 1. The third-order valence-corrected chi connectivity index (χ3v) is 3.39. The summed E-state index contributed by atoms with van der Waals surface area (Å²) in [5, 5.41) is 4.66. The molecule has 6 nitrogen and oxygen atoms in total. The molecule has 0 bridgehead atoms. The number of benzene rings is 1. The Bertz CT molecular complexity index is 780. The standard InChI is InChI=1S/C17H17F3N2O4/c1-9(2)26-12-7-5-11(6-8-12)22-15(23)13(10(3)21-22)14(16(24)25-4)17(18,19)20/h5-9H,1-4H3. The smallest absolute Gasteiger partial charge is 0.424 e. The zero-order valence-corrected chi connectivity index (χ0v) is 14.5. The Morgan fingerprint density at radius 1 is 1.19 bits per heavy atom. The van der Waals surface area contributed by atoms with Crippen molar-refractivity contribution in [2.24, 2.45) is 5.10 Å². The molecule has 1 amide bonds. The SMILES string of the molecule is COC(=O)C(=C1C(=O)N(c2ccc(OC(C)C)cc2)N=C1C)C(F)(F)F. The molecule has 1 aliphatic rings. The maximum atomic E-state index is 13.3. The van der Waals surface area contributed by atoms with E-state index in [2.05, 4.69) is 9.84 Å². The van der Waals surface area contributed by atoms with Crippen LogP contribution in [0, 0.1) is 0 Å². The fourth-order valence-corrected chi connectivity index (χ4v) is 2.37. The zero-order chi connectivity index (χ0) is 19.6. The maximum absolute atomic E-state index is 13.3. The molecule has 9 heteroatoms. The Morgan fingerprint density at radius 2 is 1.77 bits per heavy atom. The van der Waals surface area contributed by atoms with Gasteiger partial charge in [0.2, 0.25) is 0 Å². The van der Waals surface area contributed by atoms with E-state index in [9.17, 15) is 22.8 Å². The van der Waals surface area contributed by atoms with Crippen LogP contribution < -0.4 is 9.75 Å². The van der Waals surface area contributed by atoms with Crippen molar-refractivity contribution >= 4 is 23.3 Å². The molecule has 0 aromatic heterocycles. The van der Waals surface area contributed by atoms with Crippen LogP contribution in [0.2, 0.25) is 0 Å². The third kappa shape index (κ3) is 3.87. The second-order valence-corrected chi connectivity index (χ2v) is 5.70. The molecule has 26 heavy (non-hydrogen) atoms. The number of nitrogens with zero attached hydrogens (tertiary/aromatic N) is 2. The predicted octanol–water partition coefficient (Wildman–Crippen LogP) is 3.23. The highest BCUT2D eigenvalue weighted by Gasteiger charge is 2.47. The molecule has 1 aliphatic heterocycles. The highest BCUT2D eigenvalue weighted by Crippen LogP contribution is 2.34. The number of alkyl halides is 3. The minimum Gasteiger partial charge on any atom is -0.491 e. The molecule has 1 heterocycles. The zero-order valence-electron chi connectivity index (χ0n) is 14.5. The number of rotatable bonds is 4. The summed E-state index contributed by atoms with van der Waals surface area (Å²) in [7, 11) is 0.811. The molecule has 0 unspecified atom stereocenters. The van der Waals surface area contributed by atoms with Crippen molar-refractivity contribution in [3.05, 3.63) is 35.4 Å². The fraction of sp³-hybridized carbons (Fsp3) is 0.353. The van der Waals surface area contributed by atoms with Crippen LogP contribution in [-0.4, -0.2) is 37.0 Å². The van der Waals surface area contributed by atoms with Crippen molar-refractivity contribution in [1.82, 2.24) is 0 Å². The number of hydrazone groups is 1. The molecular weight excluding hydrogens is 353 g/mol. The lowest BCUT2D eigenvalue weighted by Crippen LogP contribution is -2.29. The number of amides is 1. The second kappa shape index (κ2) is 7.19. The van der Waals surface area contributed by atoms with Crippen molar-refractivity contribution < 1.29 is 32.2 Å². The predicted molar refractivity (Wildman–Crippen MR) is 87.9 cm³/mol. The summed E-state index contributed by atoms with van der Waals surface area (Å²) in [4.78, 5) is 24.1. The molecule has 0 aliphatic carbocycles. The maximum Gasteiger partial charge on any atom is 0.424 e. The van der Waals surface area contributed by atoms with Crippen LogP contribution in [0.15, 0.2) is 40.5 Å². The second-order valence-electron chi connectivity index (χ2n) is 5.70. The van der Waals surface area contributed by atoms with E-state index in [4.69, 9.17) is 4.74 Å². The number of anilines is 1. The summed E-state index contributed by atoms with van der Waals surface area (Å²) in [6, 6.07) is 6.11. The minimum absolute atomic E-state index is 0.0570. The number of carbonyl (C=O) groups is 2. The summed E-state index contributed by atoms with van der Waals surface area (Å²) in [6.45, 7) is 4.90. The van der Waals surface area contributed by atoms with E-state index in [0.717, 1.165) is 12.1 Å². The summed E-state index contributed by atoms with van der Waals surface area (Å²) >= 11 is 0. The van der Waals surface area contributed by atoms with Crippen molar-refractivity contribution in [1.29, 1.82) is 0 Å². The average Bonchev–Trinajstić information content (AvgIpc) is 2.82. The van der Waals surface area contributed by atoms with Gasteiger partial charge in [0.05, 0.1) is 30.2 Å². The Morgan fingerprint density at radius 3 is 2.23 bits per heavy atom. The molecule has 0 saturated heterocycles. The van der Waals surface area contributed by atoms with Crippen molar-refractivity contribution in [2.45, 2.75) is 33.1 Å². The Hall–Kier alpha value is -2.84. The van der Waals surface area contributed by atoms with Crippen LogP contribution >= 0.6 is 0 Å². The molecule has 0 atom stereocenters. The Labute approximate surface area is 147 Å². The van der Waals surface area contributed by atoms with Gasteiger partial charge in [0.15, 0.2) is 5.57 Å². The van der Waals surface area contributed by atoms with E-state index >= 15 is 0 Å². The third-order valence-electron chi connectivity index (χ3n) is 3.39. The van der Waals surface area contributed by atoms with Crippen molar-refractivity contribution in [3.63, 3.8) is 0 Å². The monoisotopic (exact) mass is 370 g/mol. The van der Waals surface area contributed by atoms with Crippen LogP contribution in [0.5, 0.6) is 5.75 Å². The van der Waals surface area contributed by atoms with Crippen LogP contribution in [0.25, 0.3) is 0 Å². The van der Waals surface area contributed by atoms with Gasteiger partial charge in [-0.05, 0) is 45.0 Å². The topological polar surface area (TPSA) is 68.2 Å². The molecule has 1 aromatic rings. The molecule has 0 saturated carbocycles. The van der Waals surface area contributed by atoms with Gasteiger partial charge in [0, 0.05) is 0 Å². The molecule has 0 radical (unpaired) electrons. The van der Waals surface area contributed by atoms with Gasteiger partial charge in [0.25, 0.3) is 5.91 Å². The average molecular weight is 370 g/mol. The van der Waals surface area contributed by atoms with Crippen LogP contribution in [-0.2, 0) is 14.3 Å². The van der Waals surface area contributed by atoms with Gasteiger partial charge in [-0.3, -0.25) is 4.79 Å². The van der Waals surface area contributed by atoms with Crippen LogP contribution in [0.1, 0.15) is 20.8 Å². The van der Waals surface area contributed by atoms with Gasteiger partial charge in [-0.1, -0.05) is 0 Å². The minimum atomic E-state index is -5.06. The van der Waals surface area contributed by atoms with E-state index < -0.39 is 29.2 Å². The lowest BCUT2D eigenvalue weighted by atomic mass is 10.0. The molecule has 140 valence electrons. The Balaban J connectivity index is 2.43. The van der Waals surface area contributed by atoms with Gasteiger partial charge in [-0.25, -0.2) is 4.79 Å².